The molecule has 0 amide bonds. The molecule has 0 aliphatic heterocycles. The summed E-state index contributed by atoms with van der Waals surface area (Å²) in [5.41, 5.74) is 0.251. The highest BCUT2D eigenvalue weighted by molar-refractivity contribution is 6.40. The van der Waals surface area contributed by atoms with Gasteiger partial charge in [-0.25, -0.2) is 0 Å². The lowest BCUT2D eigenvalue weighted by Gasteiger charge is -2.05. The molecule has 0 bridgehead atoms. The fourth-order valence-corrected chi connectivity index (χ4v) is 2.10. The molecule has 0 spiro atoms. The topological polar surface area (TPSA) is 34.1 Å². The Balaban J connectivity index is 2.73. The molecule has 1 aromatic rings. The molecule has 0 unspecified atom stereocenters. The van der Waals surface area contributed by atoms with Crippen LogP contribution in [-0.2, 0) is 4.79 Å². The second-order valence-corrected chi connectivity index (χ2v) is 4.65. The SMILES string of the molecule is CCCCC(=O)CC(=O)c1c(Cl)cccc1Cl. The van der Waals surface area contributed by atoms with Gasteiger partial charge < -0.3 is 0 Å². The minimum atomic E-state index is -0.304. The zero-order valence-corrected chi connectivity index (χ0v) is 11.1. The molecule has 0 saturated heterocycles. The van der Waals surface area contributed by atoms with E-state index in [0.29, 0.717) is 16.5 Å². The van der Waals surface area contributed by atoms with Crippen molar-refractivity contribution in [3.8, 4) is 0 Å². The lowest BCUT2D eigenvalue weighted by molar-refractivity contribution is -0.118. The lowest BCUT2D eigenvalue weighted by atomic mass is 10.0. The monoisotopic (exact) mass is 272 g/mol. The molecule has 0 radical (unpaired) electrons. The van der Waals surface area contributed by atoms with Gasteiger partial charge in [0.05, 0.1) is 22.0 Å². The van der Waals surface area contributed by atoms with Crippen molar-refractivity contribution in [3.63, 3.8) is 0 Å². The third kappa shape index (κ3) is 4.14. The minimum Gasteiger partial charge on any atom is -0.299 e. The molecule has 0 aromatic heterocycles. The standard InChI is InChI=1S/C13H14Cl2O2/c1-2-3-5-9(16)8-12(17)13-10(14)6-4-7-11(13)15/h4,6-7H,2-3,5,8H2,1H3. The molecule has 1 aromatic carbocycles. The van der Waals surface area contributed by atoms with Crippen LogP contribution in [0.2, 0.25) is 10.0 Å². The van der Waals surface area contributed by atoms with Crippen molar-refractivity contribution in [1.29, 1.82) is 0 Å². The quantitative estimate of drug-likeness (QED) is 0.571. The van der Waals surface area contributed by atoms with Crippen LogP contribution in [0.3, 0.4) is 0 Å². The zero-order valence-electron chi connectivity index (χ0n) is 9.63. The average Bonchev–Trinajstić information content (AvgIpc) is 2.26. The van der Waals surface area contributed by atoms with E-state index >= 15 is 0 Å². The van der Waals surface area contributed by atoms with Crippen molar-refractivity contribution in [2.45, 2.75) is 32.6 Å². The molecule has 0 aliphatic rings. The van der Waals surface area contributed by atoms with Crippen LogP contribution in [0.5, 0.6) is 0 Å². The van der Waals surface area contributed by atoms with Gasteiger partial charge in [0.25, 0.3) is 0 Å². The van der Waals surface area contributed by atoms with Crippen LogP contribution in [-0.4, -0.2) is 11.6 Å². The Bertz CT molecular complexity index is 407. The molecule has 1 rings (SSSR count). The number of carbonyl (C=O) groups excluding carboxylic acids is 2. The largest absolute Gasteiger partial charge is 0.299 e. The highest BCUT2D eigenvalue weighted by Gasteiger charge is 2.17. The Morgan fingerprint density at radius 3 is 2.29 bits per heavy atom. The molecule has 4 heteroatoms. The first kappa shape index (κ1) is 14.2. The van der Waals surface area contributed by atoms with Crippen LogP contribution in [0.4, 0.5) is 0 Å². The van der Waals surface area contributed by atoms with Gasteiger partial charge in [-0.15, -0.1) is 0 Å². The number of unbranched alkanes of at least 4 members (excludes halogenated alkanes) is 1. The lowest BCUT2D eigenvalue weighted by Crippen LogP contribution is -2.09. The number of halogens is 2. The third-order valence-electron chi connectivity index (χ3n) is 2.41. The minimum absolute atomic E-state index is 0.0622. The van der Waals surface area contributed by atoms with Crippen LogP contribution in [0.25, 0.3) is 0 Å². The van der Waals surface area contributed by atoms with Crippen molar-refractivity contribution in [2.75, 3.05) is 0 Å². The molecular formula is C13H14Cl2O2. The van der Waals surface area contributed by atoms with Gasteiger partial charge >= 0.3 is 0 Å². The van der Waals surface area contributed by atoms with Gasteiger partial charge in [0.1, 0.15) is 5.78 Å². The first-order chi connectivity index (χ1) is 8.06. The molecule has 0 heterocycles. The molecule has 17 heavy (non-hydrogen) atoms. The Morgan fingerprint density at radius 2 is 1.76 bits per heavy atom. The van der Waals surface area contributed by atoms with Gasteiger partial charge in [-0.2, -0.15) is 0 Å². The van der Waals surface area contributed by atoms with Crippen molar-refractivity contribution < 1.29 is 9.59 Å². The first-order valence-corrected chi connectivity index (χ1v) is 6.30. The van der Waals surface area contributed by atoms with E-state index in [0.717, 1.165) is 12.8 Å². The fraction of sp³-hybridized carbons (Fsp3) is 0.385. The summed E-state index contributed by atoms with van der Waals surface area (Å²) in [4.78, 5) is 23.4. The number of hydrogen-bond acceptors (Lipinski definition) is 2. The maximum absolute atomic E-state index is 11.9. The second-order valence-electron chi connectivity index (χ2n) is 3.84. The van der Waals surface area contributed by atoms with Gasteiger partial charge in [0, 0.05) is 6.42 Å². The van der Waals surface area contributed by atoms with Gasteiger partial charge in [-0.3, -0.25) is 9.59 Å². The fourth-order valence-electron chi connectivity index (χ4n) is 1.49. The smallest absolute Gasteiger partial charge is 0.173 e. The summed E-state index contributed by atoms with van der Waals surface area (Å²) in [6.45, 7) is 2.00. The van der Waals surface area contributed by atoms with Gasteiger partial charge in [-0.1, -0.05) is 42.6 Å². The summed E-state index contributed by atoms with van der Waals surface area (Å²) < 4.78 is 0. The van der Waals surface area contributed by atoms with Gasteiger partial charge in [0.2, 0.25) is 0 Å². The van der Waals surface area contributed by atoms with Crippen LogP contribution >= 0.6 is 23.2 Å². The number of hydrogen-bond donors (Lipinski definition) is 0. The van der Waals surface area contributed by atoms with E-state index in [1.807, 2.05) is 6.92 Å². The molecule has 0 aliphatic carbocycles. The maximum Gasteiger partial charge on any atom is 0.173 e. The van der Waals surface area contributed by atoms with E-state index < -0.39 is 0 Å². The van der Waals surface area contributed by atoms with Crippen molar-refractivity contribution in [3.05, 3.63) is 33.8 Å². The molecule has 92 valence electrons. The Morgan fingerprint density at radius 1 is 1.18 bits per heavy atom. The Labute approximate surface area is 111 Å². The molecule has 0 N–H and O–H groups in total. The second kappa shape index (κ2) is 6.77. The van der Waals surface area contributed by atoms with Crippen molar-refractivity contribution in [1.82, 2.24) is 0 Å². The third-order valence-corrected chi connectivity index (χ3v) is 3.04. The maximum atomic E-state index is 11.9. The number of carbonyl (C=O) groups is 2. The highest BCUT2D eigenvalue weighted by Crippen LogP contribution is 2.25. The summed E-state index contributed by atoms with van der Waals surface area (Å²) in [5, 5.41) is 0.594. The van der Waals surface area contributed by atoms with E-state index in [1.54, 1.807) is 18.2 Å². The van der Waals surface area contributed by atoms with Crippen LogP contribution in [0.15, 0.2) is 18.2 Å². The molecule has 0 atom stereocenters. The summed E-state index contributed by atoms with van der Waals surface area (Å²) >= 11 is 11.8. The number of ketones is 2. The van der Waals surface area contributed by atoms with Crippen LogP contribution in [0, 0.1) is 0 Å². The van der Waals surface area contributed by atoms with E-state index in [9.17, 15) is 9.59 Å². The summed E-state index contributed by atoms with van der Waals surface area (Å²) in [5.74, 6) is -0.366. The summed E-state index contributed by atoms with van der Waals surface area (Å²) in [6.07, 6.45) is 2.06. The predicted octanol–water partition coefficient (Wildman–Crippen LogP) is 4.33. The van der Waals surface area contributed by atoms with Crippen LogP contribution in [0.1, 0.15) is 43.0 Å². The Kier molecular flexibility index (Phi) is 5.66. The number of Topliss-reactive ketones (excluding diaryl/α,β-unsaturated/α-hetero) is 2. The van der Waals surface area contributed by atoms with E-state index in [2.05, 4.69) is 0 Å². The molecular weight excluding hydrogens is 259 g/mol. The van der Waals surface area contributed by atoms with Gasteiger partial charge in [0.15, 0.2) is 5.78 Å². The van der Waals surface area contributed by atoms with E-state index in [-0.39, 0.29) is 23.6 Å². The number of benzene rings is 1. The molecule has 2 nitrogen and oxygen atoms in total. The zero-order chi connectivity index (χ0) is 12.8. The van der Waals surface area contributed by atoms with Crippen molar-refractivity contribution in [2.24, 2.45) is 0 Å². The van der Waals surface area contributed by atoms with Crippen molar-refractivity contribution >= 4 is 34.8 Å². The normalized spacial score (nSPS) is 10.3. The van der Waals surface area contributed by atoms with E-state index in [1.165, 1.54) is 0 Å². The molecule has 0 fully saturated rings. The molecule has 0 saturated carbocycles. The number of rotatable bonds is 6. The van der Waals surface area contributed by atoms with Crippen LogP contribution < -0.4 is 0 Å². The summed E-state index contributed by atoms with van der Waals surface area (Å²) in [7, 11) is 0. The first-order valence-electron chi connectivity index (χ1n) is 5.55. The van der Waals surface area contributed by atoms with E-state index in [4.69, 9.17) is 23.2 Å². The highest BCUT2D eigenvalue weighted by atomic mass is 35.5. The predicted molar refractivity (Wildman–Crippen MR) is 69.9 cm³/mol. The average molecular weight is 273 g/mol. The van der Waals surface area contributed by atoms with Gasteiger partial charge in [-0.05, 0) is 18.6 Å². The summed E-state index contributed by atoms with van der Waals surface area (Å²) in [6, 6.07) is 4.86. The Hall–Kier alpha value is -0.860.